The molecule has 0 spiro atoms. The van der Waals surface area contributed by atoms with Crippen LogP contribution in [0, 0.1) is 10.5 Å². The van der Waals surface area contributed by atoms with Gasteiger partial charge in [-0.15, -0.1) is 0 Å². The summed E-state index contributed by atoms with van der Waals surface area (Å²) in [6, 6.07) is 6.01. The second kappa shape index (κ2) is 5.18. The van der Waals surface area contributed by atoms with Crippen molar-refractivity contribution < 1.29 is 0 Å². The van der Waals surface area contributed by atoms with Gasteiger partial charge in [0.25, 0.3) is 0 Å². The van der Waals surface area contributed by atoms with Gasteiger partial charge >= 0.3 is 0 Å². The highest BCUT2D eigenvalue weighted by atomic mass is 127. The molecule has 0 radical (unpaired) electrons. The van der Waals surface area contributed by atoms with Crippen LogP contribution >= 0.6 is 38.5 Å². The quantitative estimate of drug-likeness (QED) is 0.752. The third-order valence-corrected chi connectivity index (χ3v) is 4.64. The van der Waals surface area contributed by atoms with Crippen molar-refractivity contribution in [3.8, 4) is 0 Å². The van der Waals surface area contributed by atoms with Crippen molar-refractivity contribution in [3.05, 3.63) is 38.1 Å². The van der Waals surface area contributed by atoms with Crippen molar-refractivity contribution in [2.24, 2.45) is 0 Å². The molecule has 0 saturated carbocycles. The van der Waals surface area contributed by atoms with Crippen molar-refractivity contribution >= 4 is 55.8 Å². The molecule has 0 bridgehead atoms. The fraction of sp³-hybridized carbons (Fsp3) is 0.0909. The van der Waals surface area contributed by atoms with Gasteiger partial charge < -0.3 is 11.1 Å². The Hall–Kier alpha value is -0.890. The van der Waals surface area contributed by atoms with Gasteiger partial charge in [-0.25, -0.2) is 9.97 Å². The Morgan fingerprint density at radius 2 is 2.12 bits per heavy atom. The van der Waals surface area contributed by atoms with E-state index in [1.165, 1.54) is 6.33 Å². The van der Waals surface area contributed by atoms with E-state index in [2.05, 4.69) is 53.8 Å². The topological polar surface area (TPSA) is 63.8 Å². The first-order valence-corrected chi connectivity index (χ1v) is 6.74. The molecule has 3 N–H and O–H groups in total. The normalized spacial score (nSPS) is 10.3. The van der Waals surface area contributed by atoms with Gasteiger partial charge in [0.15, 0.2) is 0 Å². The fourth-order valence-corrected chi connectivity index (χ4v) is 2.01. The average Bonchev–Trinajstić information content (AvgIpc) is 2.30. The maximum absolute atomic E-state index is 5.73. The van der Waals surface area contributed by atoms with Gasteiger partial charge in [0.1, 0.15) is 18.0 Å². The number of hydrogen-bond donors (Lipinski definition) is 2. The second-order valence-electron chi connectivity index (χ2n) is 3.49. The Kier molecular flexibility index (Phi) is 3.82. The van der Waals surface area contributed by atoms with E-state index >= 15 is 0 Å². The molecule has 0 aliphatic carbocycles. The van der Waals surface area contributed by atoms with Crippen molar-refractivity contribution in [2.45, 2.75) is 6.92 Å². The number of nitrogens with zero attached hydrogens (tertiary/aromatic N) is 2. The summed E-state index contributed by atoms with van der Waals surface area (Å²) >= 11 is 5.75. The summed E-state index contributed by atoms with van der Waals surface area (Å²) in [5.74, 6) is 1.22. The highest BCUT2D eigenvalue weighted by Gasteiger charge is 2.05. The molecule has 0 atom stereocenters. The van der Waals surface area contributed by atoms with Crippen LogP contribution in [0.4, 0.5) is 17.3 Å². The van der Waals surface area contributed by atoms with Gasteiger partial charge in [0, 0.05) is 19.3 Å². The number of nitrogens with one attached hydrogen (secondary N) is 1. The lowest BCUT2D eigenvalue weighted by molar-refractivity contribution is 1.14. The Morgan fingerprint density at radius 3 is 2.82 bits per heavy atom. The summed E-state index contributed by atoms with van der Waals surface area (Å²) in [6.07, 6.45) is 1.45. The molecule has 17 heavy (non-hydrogen) atoms. The minimum absolute atomic E-state index is 0.493. The van der Waals surface area contributed by atoms with Crippen LogP contribution in [0.15, 0.2) is 29.0 Å². The number of aromatic nitrogens is 2. The average molecular weight is 405 g/mol. The molecule has 2 rings (SSSR count). The molecular weight excluding hydrogens is 395 g/mol. The van der Waals surface area contributed by atoms with Crippen LogP contribution in [-0.2, 0) is 0 Å². The Labute approximate surface area is 121 Å². The standard InChI is InChI=1S/C11H10BrIN4/c1-6-10(14)15-5-16-11(6)17-7-2-3-9(13)8(12)4-7/h2-5H,1H3,(H3,14,15,16,17). The minimum Gasteiger partial charge on any atom is -0.383 e. The van der Waals surface area contributed by atoms with Crippen LogP contribution in [0.5, 0.6) is 0 Å². The largest absolute Gasteiger partial charge is 0.383 e. The van der Waals surface area contributed by atoms with Gasteiger partial charge in [0.05, 0.1) is 0 Å². The van der Waals surface area contributed by atoms with Crippen LogP contribution in [0.3, 0.4) is 0 Å². The molecule has 0 aliphatic heterocycles. The number of rotatable bonds is 2. The SMILES string of the molecule is Cc1c(N)ncnc1Nc1ccc(I)c(Br)c1. The summed E-state index contributed by atoms with van der Waals surface area (Å²) < 4.78 is 2.20. The van der Waals surface area contributed by atoms with Crippen molar-refractivity contribution in [1.29, 1.82) is 0 Å². The van der Waals surface area contributed by atoms with E-state index in [-0.39, 0.29) is 0 Å². The first kappa shape index (κ1) is 12.6. The molecule has 88 valence electrons. The van der Waals surface area contributed by atoms with E-state index in [4.69, 9.17) is 5.73 Å². The van der Waals surface area contributed by atoms with E-state index in [0.29, 0.717) is 5.82 Å². The number of anilines is 3. The number of benzene rings is 1. The molecule has 0 unspecified atom stereocenters. The maximum Gasteiger partial charge on any atom is 0.138 e. The van der Waals surface area contributed by atoms with E-state index in [0.717, 1.165) is 25.1 Å². The first-order chi connectivity index (χ1) is 8.08. The van der Waals surface area contributed by atoms with E-state index < -0.39 is 0 Å². The zero-order valence-corrected chi connectivity index (χ0v) is 12.8. The van der Waals surface area contributed by atoms with Gasteiger partial charge in [-0.3, -0.25) is 0 Å². The third-order valence-electron chi connectivity index (χ3n) is 2.31. The van der Waals surface area contributed by atoms with Gasteiger partial charge in [-0.1, -0.05) is 0 Å². The van der Waals surface area contributed by atoms with Crippen LogP contribution in [0.25, 0.3) is 0 Å². The second-order valence-corrected chi connectivity index (χ2v) is 5.50. The van der Waals surface area contributed by atoms with E-state index in [1.54, 1.807) is 0 Å². The monoisotopic (exact) mass is 404 g/mol. The molecule has 4 nitrogen and oxygen atoms in total. The lowest BCUT2D eigenvalue weighted by Crippen LogP contribution is -2.02. The molecule has 0 aliphatic rings. The summed E-state index contributed by atoms with van der Waals surface area (Å²) in [6.45, 7) is 1.89. The summed E-state index contributed by atoms with van der Waals surface area (Å²) in [4.78, 5) is 8.10. The van der Waals surface area contributed by atoms with Crippen molar-refractivity contribution in [3.63, 3.8) is 0 Å². The van der Waals surface area contributed by atoms with Crippen LogP contribution in [0.1, 0.15) is 5.56 Å². The van der Waals surface area contributed by atoms with Crippen molar-refractivity contribution in [2.75, 3.05) is 11.1 Å². The number of nitrogens with two attached hydrogens (primary N) is 1. The minimum atomic E-state index is 0.493. The van der Waals surface area contributed by atoms with Crippen LogP contribution in [-0.4, -0.2) is 9.97 Å². The molecule has 1 aromatic carbocycles. The third kappa shape index (κ3) is 2.86. The maximum atomic E-state index is 5.73. The van der Waals surface area contributed by atoms with Gasteiger partial charge in [-0.2, -0.15) is 0 Å². The fourth-order valence-electron chi connectivity index (χ4n) is 1.30. The first-order valence-electron chi connectivity index (χ1n) is 4.87. The highest BCUT2D eigenvalue weighted by Crippen LogP contribution is 2.26. The van der Waals surface area contributed by atoms with Crippen LogP contribution in [0.2, 0.25) is 0 Å². The molecule has 0 saturated heterocycles. The lowest BCUT2D eigenvalue weighted by atomic mass is 10.3. The Balaban J connectivity index is 2.31. The Bertz CT molecular complexity index is 559. The lowest BCUT2D eigenvalue weighted by Gasteiger charge is -2.10. The molecule has 0 amide bonds. The molecular formula is C11H10BrIN4. The summed E-state index contributed by atoms with van der Waals surface area (Å²) in [5.41, 5.74) is 7.53. The number of halogens is 2. The molecule has 1 heterocycles. The van der Waals surface area contributed by atoms with E-state index in [9.17, 15) is 0 Å². The number of nitrogen functional groups attached to an aromatic ring is 1. The Morgan fingerprint density at radius 1 is 1.35 bits per heavy atom. The van der Waals surface area contributed by atoms with Gasteiger partial charge in [-0.05, 0) is 63.6 Å². The smallest absolute Gasteiger partial charge is 0.138 e. The molecule has 0 fully saturated rings. The summed E-state index contributed by atoms with van der Waals surface area (Å²) in [7, 11) is 0. The molecule has 2 aromatic rings. The summed E-state index contributed by atoms with van der Waals surface area (Å²) in [5, 5.41) is 3.22. The zero-order chi connectivity index (χ0) is 12.4. The highest BCUT2D eigenvalue weighted by molar-refractivity contribution is 14.1. The molecule has 1 aromatic heterocycles. The predicted molar refractivity (Wildman–Crippen MR) is 81.3 cm³/mol. The van der Waals surface area contributed by atoms with Crippen molar-refractivity contribution in [1.82, 2.24) is 9.97 Å². The van der Waals surface area contributed by atoms with E-state index in [1.807, 2.05) is 25.1 Å². The molecule has 6 heteroatoms. The zero-order valence-electron chi connectivity index (χ0n) is 9.04. The van der Waals surface area contributed by atoms with Crippen LogP contribution < -0.4 is 11.1 Å². The van der Waals surface area contributed by atoms with Gasteiger partial charge in [0.2, 0.25) is 0 Å². The number of hydrogen-bond acceptors (Lipinski definition) is 4. The predicted octanol–water partition coefficient (Wildman–Crippen LogP) is 3.48.